The molecule has 18 heavy (non-hydrogen) atoms. The van der Waals surface area contributed by atoms with Gasteiger partial charge in [-0.2, -0.15) is 4.31 Å². The van der Waals surface area contributed by atoms with E-state index in [9.17, 15) is 8.42 Å². The Morgan fingerprint density at radius 1 is 1.28 bits per heavy atom. The maximum absolute atomic E-state index is 12.4. The molecule has 3 aliphatic rings. The van der Waals surface area contributed by atoms with Crippen molar-refractivity contribution in [3.05, 3.63) is 0 Å². The van der Waals surface area contributed by atoms with E-state index in [1.807, 2.05) is 6.92 Å². The minimum Gasteiger partial charge on any atom is -0.376 e. The molecule has 0 spiro atoms. The summed E-state index contributed by atoms with van der Waals surface area (Å²) in [7, 11) is -3.08. The van der Waals surface area contributed by atoms with Crippen molar-refractivity contribution in [2.75, 3.05) is 19.8 Å². The summed E-state index contributed by atoms with van der Waals surface area (Å²) >= 11 is 0. The second-order valence-electron chi connectivity index (χ2n) is 5.33. The first-order valence-corrected chi connectivity index (χ1v) is 8.38. The van der Waals surface area contributed by atoms with Crippen LogP contribution < -0.4 is 0 Å². The van der Waals surface area contributed by atoms with Crippen LogP contribution in [0.4, 0.5) is 0 Å². The summed E-state index contributed by atoms with van der Waals surface area (Å²) in [4.78, 5) is 0. The van der Waals surface area contributed by atoms with Gasteiger partial charge in [0, 0.05) is 13.2 Å². The Labute approximate surface area is 108 Å². The fourth-order valence-corrected chi connectivity index (χ4v) is 5.19. The van der Waals surface area contributed by atoms with Crippen LogP contribution in [0.3, 0.4) is 0 Å². The van der Waals surface area contributed by atoms with Crippen molar-refractivity contribution in [3.63, 3.8) is 0 Å². The van der Waals surface area contributed by atoms with E-state index in [0.717, 1.165) is 25.7 Å². The van der Waals surface area contributed by atoms with Crippen LogP contribution in [0, 0.1) is 0 Å². The van der Waals surface area contributed by atoms with Gasteiger partial charge in [0.1, 0.15) is 6.10 Å². The smallest absolute Gasteiger partial charge is 0.217 e. The third kappa shape index (κ3) is 2.09. The van der Waals surface area contributed by atoms with E-state index in [4.69, 9.17) is 9.47 Å². The van der Waals surface area contributed by atoms with Crippen molar-refractivity contribution in [2.45, 2.75) is 56.1 Å². The molecule has 1 aliphatic heterocycles. The fraction of sp³-hybridized carbons (Fsp3) is 1.00. The largest absolute Gasteiger partial charge is 0.376 e. The molecule has 6 heteroatoms. The van der Waals surface area contributed by atoms with Gasteiger partial charge in [-0.1, -0.05) is 0 Å². The average molecular weight is 275 g/mol. The third-order valence-electron chi connectivity index (χ3n) is 4.14. The van der Waals surface area contributed by atoms with Gasteiger partial charge in [0.2, 0.25) is 10.0 Å². The van der Waals surface area contributed by atoms with Crippen LogP contribution in [-0.4, -0.2) is 56.0 Å². The number of sulfonamides is 1. The van der Waals surface area contributed by atoms with Crippen molar-refractivity contribution in [2.24, 2.45) is 0 Å². The van der Waals surface area contributed by atoms with E-state index in [-0.39, 0.29) is 23.5 Å². The third-order valence-corrected chi connectivity index (χ3v) is 6.56. The molecule has 0 radical (unpaired) electrons. The molecule has 0 unspecified atom stereocenters. The molecule has 0 amide bonds. The zero-order valence-corrected chi connectivity index (χ0v) is 11.6. The lowest BCUT2D eigenvalue weighted by Gasteiger charge is -2.38. The quantitative estimate of drug-likeness (QED) is 0.759. The Morgan fingerprint density at radius 3 is 2.72 bits per heavy atom. The lowest BCUT2D eigenvalue weighted by atomic mass is 10.1. The molecule has 0 bridgehead atoms. The lowest BCUT2D eigenvalue weighted by molar-refractivity contribution is -0.0938. The van der Waals surface area contributed by atoms with Gasteiger partial charge >= 0.3 is 0 Å². The second-order valence-corrected chi connectivity index (χ2v) is 7.49. The molecule has 2 saturated carbocycles. The molecule has 0 aromatic rings. The Morgan fingerprint density at radius 2 is 2.06 bits per heavy atom. The van der Waals surface area contributed by atoms with Crippen LogP contribution in [0.2, 0.25) is 0 Å². The van der Waals surface area contributed by atoms with Crippen LogP contribution in [0.5, 0.6) is 0 Å². The van der Waals surface area contributed by atoms with Gasteiger partial charge in [-0.15, -0.1) is 0 Å². The minimum atomic E-state index is -3.08. The highest BCUT2D eigenvalue weighted by Gasteiger charge is 2.50. The molecule has 2 aliphatic carbocycles. The molecule has 5 nitrogen and oxygen atoms in total. The van der Waals surface area contributed by atoms with Crippen LogP contribution in [-0.2, 0) is 19.5 Å². The maximum Gasteiger partial charge on any atom is 0.217 e. The fourth-order valence-electron chi connectivity index (χ4n) is 3.15. The number of morpholine rings is 1. The summed E-state index contributed by atoms with van der Waals surface area (Å²) in [6, 6.07) is 0.000833. The Balaban J connectivity index is 1.77. The summed E-state index contributed by atoms with van der Waals surface area (Å²) < 4.78 is 37.9. The van der Waals surface area contributed by atoms with Gasteiger partial charge in [-0.05, 0) is 32.6 Å². The first kappa shape index (κ1) is 12.8. The SMILES string of the molecule is CCO[C@@H]1CC[C@H]2[C@H]1OCCN2S(=O)(=O)C1CC1. The summed E-state index contributed by atoms with van der Waals surface area (Å²) in [6.07, 6.45) is 3.42. The van der Waals surface area contributed by atoms with Crippen molar-refractivity contribution in [1.29, 1.82) is 0 Å². The zero-order valence-electron chi connectivity index (χ0n) is 10.7. The molecular formula is C12H21NO4S. The highest BCUT2D eigenvalue weighted by atomic mass is 32.2. The van der Waals surface area contributed by atoms with Crippen LogP contribution >= 0.6 is 0 Å². The standard InChI is InChI=1S/C12H21NO4S/c1-2-16-11-6-5-10-12(11)17-8-7-13(10)18(14,15)9-3-4-9/h9-12H,2-8H2,1H3/t10-,11+,12+/m0/s1. The minimum absolute atomic E-state index is 0.000833. The van der Waals surface area contributed by atoms with Crippen molar-refractivity contribution in [3.8, 4) is 0 Å². The molecule has 0 N–H and O–H groups in total. The molecule has 104 valence electrons. The number of fused-ring (bicyclic) bond motifs is 1. The number of rotatable bonds is 4. The molecule has 0 aromatic heterocycles. The average Bonchev–Trinajstić information content (AvgIpc) is 3.14. The highest BCUT2D eigenvalue weighted by Crippen LogP contribution is 2.38. The summed E-state index contributed by atoms with van der Waals surface area (Å²) in [6.45, 7) is 3.64. The van der Waals surface area contributed by atoms with E-state index in [2.05, 4.69) is 0 Å². The Hall–Kier alpha value is -0.170. The van der Waals surface area contributed by atoms with Gasteiger partial charge in [0.05, 0.1) is 24.0 Å². The molecule has 3 rings (SSSR count). The van der Waals surface area contributed by atoms with E-state index in [0.29, 0.717) is 19.8 Å². The molecule has 1 saturated heterocycles. The Bertz CT molecular complexity index is 406. The van der Waals surface area contributed by atoms with Gasteiger partial charge < -0.3 is 9.47 Å². The van der Waals surface area contributed by atoms with Gasteiger partial charge in [0.25, 0.3) is 0 Å². The van der Waals surface area contributed by atoms with Gasteiger partial charge in [0.15, 0.2) is 0 Å². The Kier molecular flexibility index (Phi) is 3.38. The van der Waals surface area contributed by atoms with E-state index >= 15 is 0 Å². The molecule has 0 aromatic carbocycles. The summed E-state index contributed by atoms with van der Waals surface area (Å²) in [5.74, 6) is 0. The lowest BCUT2D eigenvalue weighted by Crippen LogP contribution is -2.54. The van der Waals surface area contributed by atoms with Crippen LogP contribution in [0.15, 0.2) is 0 Å². The zero-order chi connectivity index (χ0) is 12.8. The number of hydrogen-bond donors (Lipinski definition) is 0. The molecular weight excluding hydrogens is 254 g/mol. The van der Waals surface area contributed by atoms with Gasteiger partial charge in [-0.3, -0.25) is 0 Å². The predicted molar refractivity (Wildman–Crippen MR) is 66.8 cm³/mol. The number of ether oxygens (including phenoxy) is 2. The molecule has 1 heterocycles. The van der Waals surface area contributed by atoms with Gasteiger partial charge in [-0.25, -0.2) is 8.42 Å². The van der Waals surface area contributed by atoms with Crippen LogP contribution in [0.1, 0.15) is 32.6 Å². The monoisotopic (exact) mass is 275 g/mol. The topological polar surface area (TPSA) is 55.8 Å². The van der Waals surface area contributed by atoms with Crippen molar-refractivity contribution in [1.82, 2.24) is 4.31 Å². The van der Waals surface area contributed by atoms with Crippen molar-refractivity contribution >= 4 is 10.0 Å². The second kappa shape index (κ2) is 4.74. The highest BCUT2D eigenvalue weighted by molar-refractivity contribution is 7.90. The van der Waals surface area contributed by atoms with E-state index in [1.165, 1.54) is 0 Å². The van der Waals surface area contributed by atoms with E-state index in [1.54, 1.807) is 4.31 Å². The first-order valence-electron chi connectivity index (χ1n) is 6.88. The summed E-state index contributed by atoms with van der Waals surface area (Å²) in [5, 5.41) is -0.123. The van der Waals surface area contributed by atoms with E-state index < -0.39 is 10.0 Å². The summed E-state index contributed by atoms with van der Waals surface area (Å²) in [5.41, 5.74) is 0. The maximum atomic E-state index is 12.4. The molecule has 3 fully saturated rings. The number of nitrogens with zero attached hydrogens (tertiary/aromatic N) is 1. The normalized spacial score (nSPS) is 37.7. The predicted octanol–water partition coefficient (Wildman–Crippen LogP) is 0.747. The molecule has 3 atom stereocenters. The number of hydrogen-bond acceptors (Lipinski definition) is 4. The van der Waals surface area contributed by atoms with Crippen LogP contribution in [0.25, 0.3) is 0 Å². The first-order chi connectivity index (χ1) is 8.64. The van der Waals surface area contributed by atoms with Crippen molar-refractivity contribution < 1.29 is 17.9 Å².